The molecule has 3 heterocycles. The molecule has 3 rings (SSSR count). The summed E-state index contributed by atoms with van der Waals surface area (Å²) in [6, 6.07) is 2.67. The number of amides is 2. The van der Waals surface area contributed by atoms with E-state index in [0.717, 1.165) is 22.8 Å². The average molecular weight is 366 g/mol. The highest BCUT2D eigenvalue weighted by molar-refractivity contribution is 6.00. The molecular formula is C15H13F3N6O2. The van der Waals surface area contributed by atoms with Crippen LogP contribution in [0.25, 0.3) is 5.65 Å². The number of hydrogen-bond donors (Lipinski definition) is 3. The van der Waals surface area contributed by atoms with Crippen LogP contribution in [-0.4, -0.2) is 30.7 Å². The van der Waals surface area contributed by atoms with E-state index >= 15 is 0 Å². The second-order valence-electron chi connectivity index (χ2n) is 5.32. The molecule has 0 aliphatic carbocycles. The molecule has 0 aliphatic heterocycles. The first-order valence-corrected chi connectivity index (χ1v) is 7.39. The van der Waals surface area contributed by atoms with Crippen LogP contribution in [0.3, 0.4) is 0 Å². The molecule has 0 unspecified atom stereocenters. The quantitative estimate of drug-likeness (QED) is 0.659. The monoisotopic (exact) mass is 366 g/mol. The maximum atomic E-state index is 13.3. The Morgan fingerprint density at radius 1 is 1.27 bits per heavy atom. The molecular weight excluding hydrogens is 353 g/mol. The molecule has 3 aromatic heterocycles. The minimum atomic E-state index is -2.78. The smallest absolute Gasteiger partial charge is 0.323 e. The van der Waals surface area contributed by atoms with Crippen molar-refractivity contribution >= 4 is 23.1 Å². The Labute approximate surface area is 144 Å². The number of halogens is 3. The van der Waals surface area contributed by atoms with Crippen LogP contribution in [0.5, 0.6) is 0 Å². The van der Waals surface area contributed by atoms with Gasteiger partial charge in [0.2, 0.25) is 5.95 Å². The van der Waals surface area contributed by atoms with E-state index in [2.05, 4.69) is 25.7 Å². The lowest BCUT2D eigenvalue weighted by Gasteiger charge is -2.14. The van der Waals surface area contributed by atoms with Gasteiger partial charge in [-0.25, -0.2) is 23.1 Å². The number of anilines is 2. The molecule has 0 aromatic carbocycles. The Kier molecular flexibility index (Phi) is 4.71. The molecule has 136 valence electrons. The standard InChI is InChI=1S/C15H13F3N6O2/c1-7(25)13-10(6-20-12-5-11(16)23-24(12)13)22-15(26)21-8-2-3-19-9(4-8)14(17)18/h2-7,14,25H,1H3,(H2,19,21,22,26)/t7-/m0/s1. The van der Waals surface area contributed by atoms with Crippen molar-refractivity contribution in [2.24, 2.45) is 0 Å². The summed E-state index contributed by atoms with van der Waals surface area (Å²) in [7, 11) is 0. The van der Waals surface area contributed by atoms with E-state index in [1.807, 2.05) is 0 Å². The first-order valence-electron chi connectivity index (χ1n) is 7.39. The molecule has 3 aromatic rings. The maximum absolute atomic E-state index is 13.3. The third kappa shape index (κ3) is 3.57. The Balaban J connectivity index is 1.85. The highest BCUT2D eigenvalue weighted by Gasteiger charge is 2.18. The fourth-order valence-corrected chi connectivity index (χ4v) is 2.35. The van der Waals surface area contributed by atoms with E-state index in [1.54, 1.807) is 0 Å². The topological polar surface area (TPSA) is 104 Å². The number of hydrogen-bond acceptors (Lipinski definition) is 5. The molecule has 0 saturated heterocycles. The zero-order chi connectivity index (χ0) is 18.8. The molecule has 2 amide bonds. The van der Waals surface area contributed by atoms with Gasteiger partial charge in [-0.1, -0.05) is 0 Å². The van der Waals surface area contributed by atoms with Gasteiger partial charge in [-0.2, -0.15) is 4.39 Å². The van der Waals surface area contributed by atoms with Crippen molar-refractivity contribution in [3.63, 3.8) is 0 Å². The summed E-state index contributed by atoms with van der Waals surface area (Å²) >= 11 is 0. The molecule has 0 aliphatic rings. The molecule has 0 radical (unpaired) electrons. The third-order valence-electron chi connectivity index (χ3n) is 3.40. The van der Waals surface area contributed by atoms with Crippen molar-refractivity contribution < 1.29 is 23.1 Å². The zero-order valence-electron chi connectivity index (χ0n) is 13.3. The van der Waals surface area contributed by atoms with E-state index in [4.69, 9.17) is 0 Å². The van der Waals surface area contributed by atoms with Crippen LogP contribution in [-0.2, 0) is 0 Å². The minimum absolute atomic E-state index is 0.0799. The molecule has 8 nitrogen and oxygen atoms in total. The Morgan fingerprint density at radius 2 is 2.04 bits per heavy atom. The van der Waals surface area contributed by atoms with E-state index < -0.39 is 30.2 Å². The molecule has 0 spiro atoms. The molecule has 3 N–H and O–H groups in total. The van der Waals surface area contributed by atoms with Gasteiger partial charge in [-0.05, 0) is 19.1 Å². The van der Waals surface area contributed by atoms with E-state index in [0.29, 0.717) is 0 Å². The normalized spacial score (nSPS) is 12.4. The molecule has 1 atom stereocenters. The van der Waals surface area contributed by atoms with Gasteiger partial charge in [0, 0.05) is 18.0 Å². The number of pyridine rings is 1. The summed E-state index contributed by atoms with van der Waals surface area (Å²) in [6.45, 7) is 1.41. The SMILES string of the molecule is C[C@H](O)c1c(NC(=O)Nc2ccnc(C(F)F)c2)cnc2cc(F)nn12. The summed E-state index contributed by atoms with van der Waals surface area (Å²) in [4.78, 5) is 19.6. The van der Waals surface area contributed by atoms with Crippen molar-refractivity contribution in [3.8, 4) is 0 Å². The highest BCUT2D eigenvalue weighted by Crippen LogP contribution is 2.24. The van der Waals surface area contributed by atoms with Crippen LogP contribution >= 0.6 is 0 Å². The van der Waals surface area contributed by atoms with Gasteiger partial charge in [-0.15, -0.1) is 5.10 Å². The molecule has 26 heavy (non-hydrogen) atoms. The number of nitrogens with one attached hydrogen (secondary N) is 2. The van der Waals surface area contributed by atoms with Crippen LogP contribution < -0.4 is 10.6 Å². The predicted molar refractivity (Wildman–Crippen MR) is 85.4 cm³/mol. The van der Waals surface area contributed by atoms with Crippen molar-refractivity contribution in [1.82, 2.24) is 19.6 Å². The maximum Gasteiger partial charge on any atom is 0.323 e. The number of aliphatic hydroxyl groups excluding tert-OH is 1. The van der Waals surface area contributed by atoms with E-state index in [1.165, 1.54) is 19.2 Å². The van der Waals surface area contributed by atoms with Gasteiger partial charge >= 0.3 is 6.03 Å². The summed E-state index contributed by atoms with van der Waals surface area (Å²) in [6.07, 6.45) is -1.50. The van der Waals surface area contributed by atoms with Gasteiger partial charge in [0.05, 0.1) is 23.7 Å². The fourth-order valence-electron chi connectivity index (χ4n) is 2.35. The van der Waals surface area contributed by atoms with Crippen molar-refractivity contribution in [3.05, 3.63) is 47.9 Å². The summed E-state index contributed by atoms with van der Waals surface area (Å²) in [5.41, 5.74) is -0.0403. The zero-order valence-corrected chi connectivity index (χ0v) is 13.3. The number of rotatable bonds is 4. The highest BCUT2D eigenvalue weighted by atomic mass is 19.3. The molecule has 11 heteroatoms. The van der Waals surface area contributed by atoms with Crippen LogP contribution in [0.15, 0.2) is 30.6 Å². The number of urea groups is 1. The van der Waals surface area contributed by atoms with Crippen LogP contribution in [0.1, 0.15) is 30.8 Å². The number of fused-ring (bicyclic) bond motifs is 1. The number of aliphatic hydroxyl groups is 1. The van der Waals surface area contributed by atoms with Crippen molar-refractivity contribution in [2.75, 3.05) is 10.6 Å². The van der Waals surface area contributed by atoms with Gasteiger partial charge in [-0.3, -0.25) is 4.98 Å². The number of alkyl halides is 2. The first-order chi connectivity index (χ1) is 12.3. The van der Waals surface area contributed by atoms with Crippen molar-refractivity contribution in [2.45, 2.75) is 19.5 Å². The number of carbonyl (C=O) groups is 1. The van der Waals surface area contributed by atoms with E-state index in [-0.39, 0.29) is 22.7 Å². The average Bonchev–Trinajstić information content (AvgIpc) is 2.94. The Morgan fingerprint density at radius 3 is 2.73 bits per heavy atom. The molecule has 0 fully saturated rings. The lowest BCUT2D eigenvalue weighted by atomic mass is 10.2. The van der Waals surface area contributed by atoms with E-state index in [9.17, 15) is 23.1 Å². The van der Waals surface area contributed by atoms with Crippen LogP contribution in [0, 0.1) is 5.95 Å². The van der Waals surface area contributed by atoms with Gasteiger partial charge in [0.1, 0.15) is 5.69 Å². The number of aromatic nitrogens is 4. The van der Waals surface area contributed by atoms with Crippen LogP contribution in [0.4, 0.5) is 29.3 Å². The van der Waals surface area contributed by atoms with Gasteiger partial charge in [0.15, 0.2) is 5.65 Å². The van der Waals surface area contributed by atoms with Crippen molar-refractivity contribution in [1.29, 1.82) is 0 Å². The third-order valence-corrected chi connectivity index (χ3v) is 3.40. The molecule has 0 bridgehead atoms. The first kappa shape index (κ1) is 17.6. The second kappa shape index (κ2) is 6.96. The minimum Gasteiger partial charge on any atom is -0.387 e. The molecule has 0 saturated carbocycles. The Hall–Kier alpha value is -3.21. The lowest BCUT2D eigenvalue weighted by Crippen LogP contribution is -2.22. The van der Waals surface area contributed by atoms with Crippen LogP contribution in [0.2, 0.25) is 0 Å². The number of carbonyl (C=O) groups excluding carboxylic acids is 1. The summed E-state index contributed by atoms with van der Waals surface area (Å²) in [5, 5.41) is 18.3. The lowest BCUT2D eigenvalue weighted by molar-refractivity contribution is 0.146. The largest absolute Gasteiger partial charge is 0.387 e. The predicted octanol–water partition coefficient (Wildman–Crippen LogP) is 2.90. The second-order valence-corrected chi connectivity index (χ2v) is 5.32. The summed E-state index contributed by atoms with van der Waals surface area (Å²) in [5.74, 6) is -0.794. The van der Waals surface area contributed by atoms with Gasteiger partial charge < -0.3 is 15.7 Å². The summed E-state index contributed by atoms with van der Waals surface area (Å²) < 4.78 is 39.7. The number of nitrogens with zero attached hydrogens (tertiary/aromatic N) is 4. The van der Waals surface area contributed by atoms with Gasteiger partial charge in [0.25, 0.3) is 6.43 Å². The fraction of sp³-hybridized carbons (Fsp3) is 0.200. The Bertz CT molecular complexity index is 960.